The van der Waals surface area contributed by atoms with Gasteiger partial charge < -0.3 is 14.0 Å². The molecule has 0 fully saturated rings. The standard InChI is InChI=1S/C22H26N4O2/c1-27-13-12-26-11-10-23-21(26)20-16-25(14-17-6-3-4-8-19(17)20)15-18-7-5-9-24-22(18)28-2/h3-11,20H,12-16H2,1-2H3/t20-/m0/s1. The van der Waals surface area contributed by atoms with Gasteiger partial charge in [0, 0.05) is 57.4 Å². The summed E-state index contributed by atoms with van der Waals surface area (Å²) >= 11 is 0. The van der Waals surface area contributed by atoms with Crippen molar-refractivity contribution in [1.82, 2.24) is 19.4 Å². The van der Waals surface area contributed by atoms with E-state index in [1.807, 2.05) is 18.5 Å². The molecule has 0 bridgehead atoms. The molecular weight excluding hydrogens is 352 g/mol. The van der Waals surface area contributed by atoms with E-state index in [0.29, 0.717) is 12.5 Å². The first-order chi connectivity index (χ1) is 13.8. The number of nitrogens with zero attached hydrogens (tertiary/aromatic N) is 4. The van der Waals surface area contributed by atoms with E-state index in [9.17, 15) is 0 Å². The molecule has 0 spiro atoms. The second-order valence-electron chi connectivity index (χ2n) is 7.06. The van der Waals surface area contributed by atoms with Crippen LogP contribution in [0, 0.1) is 0 Å². The fourth-order valence-corrected chi connectivity index (χ4v) is 4.00. The van der Waals surface area contributed by atoms with Gasteiger partial charge in [-0.3, -0.25) is 4.90 Å². The topological polar surface area (TPSA) is 52.4 Å². The lowest BCUT2D eigenvalue weighted by molar-refractivity contribution is 0.184. The van der Waals surface area contributed by atoms with Gasteiger partial charge in [0.2, 0.25) is 5.88 Å². The van der Waals surface area contributed by atoms with Crippen molar-refractivity contribution in [3.63, 3.8) is 0 Å². The molecule has 0 amide bonds. The lowest BCUT2D eigenvalue weighted by atomic mass is 9.88. The molecule has 0 radical (unpaired) electrons. The van der Waals surface area contributed by atoms with Crippen molar-refractivity contribution >= 4 is 0 Å². The number of pyridine rings is 1. The number of hydrogen-bond acceptors (Lipinski definition) is 5. The Labute approximate surface area is 165 Å². The zero-order chi connectivity index (χ0) is 19.3. The molecule has 1 atom stereocenters. The SMILES string of the molecule is COCCn1ccnc1[C@H]1CN(Cc2cccnc2OC)Cc2ccccc21. The Morgan fingerprint density at radius 2 is 1.96 bits per heavy atom. The molecule has 0 unspecified atom stereocenters. The highest BCUT2D eigenvalue weighted by Crippen LogP contribution is 2.34. The Bertz CT molecular complexity index is 924. The first kappa shape index (κ1) is 18.7. The van der Waals surface area contributed by atoms with Crippen LogP contribution in [0.15, 0.2) is 55.0 Å². The molecule has 6 heteroatoms. The van der Waals surface area contributed by atoms with E-state index in [4.69, 9.17) is 14.5 Å². The highest BCUT2D eigenvalue weighted by Gasteiger charge is 2.29. The van der Waals surface area contributed by atoms with Crippen molar-refractivity contribution < 1.29 is 9.47 Å². The minimum atomic E-state index is 0.222. The van der Waals surface area contributed by atoms with Crippen LogP contribution >= 0.6 is 0 Å². The molecule has 0 saturated heterocycles. The molecule has 1 aliphatic rings. The summed E-state index contributed by atoms with van der Waals surface area (Å²) in [7, 11) is 3.41. The Kier molecular flexibility index (Phi) is 5.69. The summed E-state index contributed by atoms with van der Waals surface area (Å²) in [5.41, 5.74) is 3.82. The predicted molar refractivity (Wildman–Crippen MR) is 107 cm³/mol. The second-order valence-corrected chi connectivity index (χ2v) is 7.06. The highest BCUT2D eigenvalue weighted by atomic mass is 16.5. The average molecular weight is 378 g/mol. The predicted octanol–water partition coefficient (Wildman–Crippen LogP) is 3.08. The van der Waals surface area contributed by atoms with E-state index >= 15 is 0 Å². The first-order valence-electron chi connectivity index (χ1n) is 9.58. The number of methoxy groups -OCH3 is 2. The lowest BCUT2D eigenvalue weighted by Gasteiger charge is -2.34. The summed E-state index contributed by atoms with van der Waals surface area (Å²) in [6, 6.07) is 12.7. The normalized spacial score (nSPS) is 16.7. The molecule has 146 valence electrons. The maximum atomic E-state index is 5.45. The van der Waals surface area contributed by atoms with Crippen LogP contribution in [-0.2, 0) is 24.4 Å². The van der Waals surface area contributed by atoms with Crippen LogP contribution in [0.25, 0.3) is 0 Å². The van der Waals surface area contributed by atoms with Gasteiger partial charge in [-0.1, -0.05) is 30.3 Å². The second kappa shape index (κ2) is 8.54. The van der Waals surface area contributed by atoms with Crippen LogP contribution in [0.4, 0.5) is 0 Å². The zero-order valence-electron chi connectivity index (χ0n) is 16.4. The average Bonchev–Trinajstić information content (AvgIpc) is 3.20. The van der Waals surface area contributed by atoms with Gasteiger partial charge in [0.05, 0.1) is 19.6 Å². The lowest BCUT2D eigenvalue weighted by Crippen LogP contribution is -2.35. The Hall–Kier alpha value is -2.70. The summed E-state index contributed by atoms with van der Waals surface area (Å²) in [6.07, 6.45) is 5.69. The van der Waals surface area contributed by atoms with Crippen molar-refractivity contribution in [3.8, 4) is 5.88 Å². The number of imidazole rings is 1. The number of aromatic nitrogens is 3. The van der Waals surface area contributed by atoms with Crippen LogP contribution in [0.2, 0.25) is 0 Å². The van der Waals surface area contributed by atoms with E-state index in [1.165, 1.54) is 11.1 Å². The number of rotatable bonds is 7. The molecule has 0 saturated carbocycles. The Morgan fingerprint density at radius 3 is 2.82 bits per heavy atom. The van der Waals surface area contributed by atoms with Crippen LogP contribution < -0.4 is 4.74 Å². The van der Waals surface area contributed by atoms with Crippen molar-refractivity contribution in [3.05, 3.63) is 77.5 Å². The van der Waals surface area contributed by atoms with Crippen molar-refractivity contribution in [2.45, 2.75) is 25.6 Å². The third kappa shape index (κ3) is 3.79. The fraction of sp³-hybridized carbons (Fsp3) is 0.364. The van der Waals surface area contributed by atoms with E-state index in [0.717, 1.165) is 37.6 Å². The van der Waals surface area contributed by atoms with Crippen molar-refractivity contribution in [2.75, 3.05) is 27.4 Å². The summed E-state index contributed by atoms with van der Waals surface area (Å²) in [5, 5.41) is 0. The molecule has 1 aliphatic heterocycles. The van der Waals surface area contributed by atoms with Gasteiger partial charge in [0.15, 0.2) is 0 Å². The minimum Gasteiger partial charge on any atom is -0.481 e. The largest absolute Gasteiger partial charge is 0.481 e. The highest BCUT2D eigenvalue weighted by molar-refractivity contribution is 5.37. The van der Waals surface area contributed by atoms with Crippen LogP contribution in [0.3, 0.4) is 0 Å². The fourth-order valence-electron chi connectivity index (χ4n) is 4.00. The van der Waals surface area contributed by atoms with E-state index < -0.39 is 0 Å². The summed E-state index contributed by atoms with van der Waals surface area (Å²) in [4.78, 5) is 11.5. The summed E-state index contributed by atoms with van der Waals surface area (Å²) < 4.78 is 12.9. The minimum absolute atomic E-state index is 0.222. The number of fused-ring (bicyclic) bond motifs is 1. The summed E-state index contributed by atoms with van der Waals surface area (Å²) in [6.45, 7) is 4.08. The van der Waals surface area contributed by atoms with Crippen LogP contribution in [0.1, 0.15) is 28.4 Å². The molecule has 6 nitrogen and oxygen atoms in total. The maximum Gasteiger partial charge on any atom is 0.217 e. The Morgan fingerprint density at radius 1 is 1.07 bits per heavy atom. The molecule has 3 heterocycles. The molecular formula is C22H26N4O2. The van der Waals surface area contributed by atoms with Gasteiger partial charge >= 0.3 is 0 Å². The molecule has 0 aliphatic carbocycles. The quantitative estimate of drug-likeness (QED) is 0.632. The third-order valence-corrected chi connectivity index (χ3v) is 5.30. The molecule has 3 aromatic rings. The Balaban J connectivity index is 1.64. The van der Waals surface area contributed by atoms with Crippen LogP contribution in [0.5, 0.6) is 5.88 Å². The van der Waals surface area contributed by atoms with Gasteiger partial charge in [0.1, 0.15) is 5.82 Å². The first-order valence-corrected chi connectivity index (χ1v) is 9.58. The number of ether oxygens (including phenoxy) is 2. The van der Waals surface area contributed by atoms with Gasteiger partial charge in [0.25, 0.3) is 0 Å². The van der Waals surface area contributed by atoms with Gasteiger partial charge in [-0.25, -0.2) is 9.97 Å². The molecule has 28 heavy (non-hydrogen) atoms. The number of hydrogen-bond donors (Lipinski definition) is 0. The smallest absolute Gasteiger partial charge is 0.217 e. The molecule has 1 aromatic carbocycles. The van der Waals surface area contributed by atoms with Gasteiger partial charge in [-0.15, -0.1) is 0 Å². The van der Waals surface area contributed by atoms with E-state index in [2.05, 4.69) is 44.8 Å². The van der Waals surface area contributed by atoms with E-state index in [1.54, 1.807) is 20.4 Å². The maximum absolute atomic E-state index is 5.45. The van der Waals surface area contributed by atoms with Gasteiger partial charge in [-0.2, -0.15) is 0 Å². The van der Waals surface area contributed by atoms with Crippen molar-refractivity contribution in [2.24, 2.45) is 0 Å². The molecule has 0 N–H and O–H groups in total. The zero-order valence-corrected chi connectivity index (χ0v) is 16.4. The van der Waals surface area contributed by atoms with E-state index in [-0.39, 0.29) is 5.92 Å². The van der Waals surface area contributed by atoms with Gasteiger partial charge in [-0.05, 0) is 17.2 Å². The number of benzene rings is 1. The molecule has 2 aromatic heterocycles. The van der Waals surface area contributed by atoms with Crippen molar-refractivity contribution in [1.29, 1.82) is 0 Å². The molecule has 4 rings (SSSR count). The summed E-state index contributed by atoms with van der Waals surface area (Å²) in [5.74, 6) is 2.01. The monoisotopic (exact) mass is 378 g/mol. The third-order valence-electron chi connectivity index (χ3n) is 5.30. The van der Waals surface area contributed by atoms with Crippen LogP contribution in [-0.4, -0.2) is 46.8 Å².